The maximum Gasteiger partial charge on any atom is 0.111 e. The lowest BCUT2D eigenvalue weighted by Gasteiger charge is -2.30. The average molecular weight is 174 g/mol. The van der Waals surface area contributed by atoms with E-state index in [2.05, 4.69) is 0 Å². The van der Waals surface area contributed by atoms with E-state index in [0.717, 1.165) is 5.57 Å². The number of aliphatic hydroxyl groups excluding tert-OH is 3. The van der Waals surface area contributed by atoms with E-state index in [1.165, 1.54) is 0 Å². The zero-order chi connectivity index (χ0) is 9.14. The van der Waals surface area contributed by atoms with E-state index in [4.69, 9.17) is 14.9 Å². The molecule has 0 fully saturated rings. The Morgan fingerprint density at radius 2 is 2.08 bits per heavy atom. The zero-order valence-electron chi connectivity index (χ0n) is 6.97. The van der Waals surface area contributed by atoms with Gasteiger partial charge in [0.2, 0.25) is 0 Å². The Bertz CT molecular complexity index is 178. The van der Waals surface area contributed by atoms with Gasteiger partial charge in [0.1, 0.15) is 12.2 Å². The smallest absolute Gasteiger partial charge is 0.111 e. The highest BCUT2D eigenvalue weighted by atomic mass is 16.5. The minimum atomic E-state index is -0.752. The summed E-state index contributed by atoms with van der Waals surface area (Å²) in [5.74, 6) is 0. The van der Waals surface area contributed by atoms with E-state index in [9.17, 15) is 5.11 Å². The van der Waals surface area contributed by atoms with E-state index in [1.54, 1.807) is 13.0 Å². The Labute approximate surface area is 71.1 Å². The minimum Gasteiger partial charge on any atom is -0.394 e. The van der Waals surface area contributed by atoms with Crippen molar-refractivity contribution in [1.82, 2.24) is 0 Å². The minimum absolute atomic E-state index is 0.124. The van der Waals surface area contributed by atoms with Crippen LogP contribution in [-0.2, 0) is 4.74 Å². The maximum atomic E-state index is 9.42. The second kappa shape index (κ2) is 4.00. The number of ether oxygens (including phenoxy) is 1. The van der Waals surface area contributed by atoms with Crippen molar-refractivity contribution in [3.05, 3.63) is 11.6 Å². The number of aliphatic hydroxyl groups is 3. The molecule has 0 aromatic heterocycles. The lowest BCUT2D eigenvalue weighted by atomic mass is 10.0. The van der Waals surface area contributed by atoms with Crippen molar-refractivity contribution in [1.29, 1.82) is 0 Å². The van der Waals surface area contributed by atoms with Gasteiger partial charge in [0, 0.05) is 0 Å². The molecule has 3 N–H and O–H groups in total. The molecule has 0 aromatic rings. The predicted molar refractivity (Wildman–Crippen MR) is 42.6 cm³/mol. The third kappa shape index (κ3) is 1.84. The summed E-state index contributed by atoms with van der Waals surface area (Å²) in [6.07, 6.45) is -0.0906. The van der Waals surface area contributed by atoms with Crippen molar-refractivity contribution in [2.45, 2.75) is 25.2 Å². The predicted octanol–water partition coefficient (Wildman–Crippen LogP) is -0.954. The molecule has 4 nitrogen and oxygen atoms in total. The molecule has 1 heterocycles. The SMILES string of the molecule is CC1=CC(CO)OC(CO)[C@@H]1O. The summed E-state index contributed by atoms with van der Waals surface area (Å²) in [6.45, 7) is 1.39. The van der Waals surface area contributed by atoms with Crippen molar-refractivity contribution >= 4 is 0 Å². The van der Waals surface area contributed by atoms with Gasteiger partial charge in [-0.15, -0.1) is 0 Å². The Morgan fingerprint density at radius 1 is 1.42 bits per heavy atom. The molecule has 0 spiro atoms. The van der Waals surface area contributed by atoms with Crippen LogP contribution in [0.3, 0.4) is 0 Å². The molecule has 0 saturated heterocycles. The fourth-order valence-electron chi connectivity index (χ4n) is 1.26. The molecule has 1 aliphatic rings. The molecule has 0 amide bonds. The van der Waals surface area contributed by atoms with Crippen LogP contribution in [0.1, 0.15) is 6.92 Å². The molecule has 12 heavy (non-hydrogen) atoms. The van der Waals surface area contributed by atoms with E-state index in [0.29, 0.717) is 0 Å². The second-order valence-electron chi connectivity index (χ2n) is 2.93. The van der Waals surface area contributed by atoms with Crippen LogP contribution in [0.15, 0.2) is 11.6 Å². The highest BCUT2D eigenvalue weighted by Gasteiger charge is 2.28. The van der Waals surface area contributed by atoms with E-state index in [1.807, 2.05) is 0 Å². The highest BCUT2D eigenvalue weighted by molar-refractivity contribution is 5.13. The van der Waals surface area contributed by atoms with Gasteiger partial charge in [-0.05, 0) is 12.5 Å². The molecule has 1 rings (SSSR count). The Kier molecular flexibility index (Phi) is 3.22. The third-order valence-electron chi connectivity index (χ3n) is 1.98. The van der Waals surface area contributed by atoms with Crippen LogP contribution < -0.4 is 0 Å². The molecular formula is C8H14O4. The van der Waals surface area contributed by atoms with Crippen LogP contribution >= 0.6 is 0 Å². The van der Waals surface area contributed by atoms with Crippen LogP contribution in [0.25, 0.3) is 0 Å². The van der Waals surface area contributed by atoms with Gasteiger partial charge in [0.25, 0.3) is 0 Å². The standard InChI is InChI=1S/C8H14O4/c1-5-2-6(3-9)12-7(4-10)8(5)11/h2,6-11H,3-4H2,1H3/t6?,7?,8-/m1/s1. The molecule has 0 bridgehead atoms. The van der Waals surface area contributed by atoms with Gasteiger partial charge >= 0.3 is 0 Å². The van der Waals surface area contributed by atoms with Gasteiger partial charge in [0.05, 0.1) is 19.3 Å². The first-order valence-corrected chi connectivity index (χ1v) is 3.92. The topological polar surface area (TPSA) is 69.9 Å². The number of hydrogen-bond donors (Lipinski definition) is 3. The molecule has 4 heteroatoms. The zero-order valence-corrected chi connectivity index (χ0v) is 6.97. The molecule has 3 atom stereocenters. The summed E-state index contributed by atoms with van der Waals surface area (Å²) >= 11 is 0. The Balaban J connectivity index is 2.69. The fourth-order valence-corrected chi connectivity index (χ4v) is 1.26. The van der Waals surface area contributed by atoms with Crippen molar-refractivity contribution in [3.63, 3.8) is 0 Å². The maximum absolute atomic E-state index is 9.42. The first-order valence-electron chi connectivity index (χ1n) is 3.92. The van der Waals surface area contributed by atoms with Crippen LogP contribution in [0.4, 0.5) is 0 Å². The van der Waals surface area contributed by atoms with Gasteiger partial charge in [-0.1, -0.05) is 6.08 Å². The van der Waals surface area contributed by atoms with Crippen LogP contribution in [0, 0.1) is 0 Å². The monoisotopic (exact) mass is 174 g/mol. The number of rotatable bonds is 2. The largest absolute Gasteiger partial charge is 0.394 e. The van der Waals surface area contributed by atoms with E-state index < -0.39 is 18.3 Å². The normalized spacial score (nSPS) is 36.3. The molecule has 0 aromatic carbocycles. The van der Waals surface area contributed by atoms with Gasteiger partial charge in [-0.25, -0.2) is 0 Å². The molecule has 0 aliphatic carbocycles. The van der Waals surface area contributed by atoms with Crippen molar-refractivity contribution in [2.24, 2.45) is 0 Å². The highest BCUT2D eigenvalue weighted by Crippen LogP contribution is 2.18. The van der Waals surface area contributed by atoms with E-state index >= 15 is 0 Å². The first kappa shape index (κ1) is 9.67. The fraction of sp³-hybridized carbons (Fsp3) is 0.750. The molecule has 70 valence electrons. The quantitative estimate of drug-likeness (QED) is 0.472. The van der Waals surface area contributed by atoms with Crippen molar-refractivity contribution in [3.8, 4) is 0 Å². The summed E-state index contributed by atoms with van der Waals surface area (Å²) in [4.78, 5) is 0. The van der Waals surface area contributed by atoms with Gasteiger partial charge in [-0.3, -0.25) is 0 Å². The molecule has 0 saturated carbocycles. The van der Waals surface area contributed by atoms with Gasteiger partial charge in [-0.2, -0.15) is 0 Å². The van der Waals surface area contributed by atoms with Crippen LogP contribution in [-0.4, -0.2) is 46.8 Å². The lowest BCUT2D eigenvalue weighted by molar-refractivity contribution is -0.0956. The summed E-state index contributed by atoms with van der Waals surface area (Å²) in [7, 11) is 0. The summed E-state index contributed by atoms with van der Waals surface area (Å²) < 4.78 is 5.14. The van der Waals surface area contributed by atoms with Crippen molar-refractivity contribution in [2.75, 3.05) is 13.2 Å². The molecule has 1 aliphatic heterocycles. The summed E-state index contributed by atoms with van der Waals surface area (Å²) in [6, 6.07) is 0. The van der Waals surface area contributed by atoms with E-state index in [-0.39, 0.29) is 13.2 Å². The molecular weight excluding hydrogens is 160 g/mol. The summed E-state index contributed by atoms with van der Waals surface area (Å²) in [5.41, 5.74) is 0.736. The molecule has 0 radical (unpaired) electrons. The van der Waals surface area contributed by atoms with Gasteiger partial charge < -0.3 is 20.1 Å². The lowest BCUT2D eigenvalue weighted by Crippen LogP contribution is -2.41. The molecule has 2 unspecified atom stereocenters. The first-order chi connectivity index (χ1) is 5.69. The Morgan fingerprint density at radius 3 is 2.58 bits per heavy atom. The third-order valence-corrected chi connectivity index (χ3v) is 1.98. The van der Waals surface area contributed by atoms with Gasteiger partial charge in [0.15, 0.2) is 0 Å². The summed E-state index contributed by atoms with van der Waals surface area (Å²) in [5, 5.41) is 27.0. The number of hydrogen-bond acceptors (Lipinski definition) is 4. The average Bonchev–Trinajstić information content (AvgIpc) is 2.09. The van der Waals surface area contributed by atoms with Crippen molar-refractivity contribution < 1.29 is 20.1 Å². The van der Waals surface area contributed by atoms with Crippen LogP contribution in [0.2, 0.25) is 0 Å². The van der Waals surface area contributed by atoms with Crippen LogP contribution in [0.5, 0.6) is 0 Å². The second-order valence-corrected chi connectivity index (χ2v) is 2.93. The Hall–Kier alpha value is -0.420.